The zero-order chi connectivity index (χ0) is 13.1. The van der Waals surface area contributed by atoms with Crippen molar-refractivity contribution in [1.82, 2.24) is 9.78 Å². The number of rotatable bonds is 3. The Morgan fingerprint density at radius 3 is 2.89 bits per heavy atom. The second-order valence-corrected chi connectivity index (χ2v) is 4.27. The van der Waals surface area contributed by atoms with E-state index in [2.05, 4.69) is 11.2 Å². The minimum atomic E-state index is 0.585. The maximum atomic E-state index is 9.11. The van der Waals surface area contributed by atoms with Crippen LogP contribution < -0.4 is 10.6 Å². The van der Waals surface area contributed by atoms with E-state index in [0.717, 1.165) is 11.3 Å². The molecule has 0 fully saturated rings. The molecule has 0 bridgehead atoms. The van der Waals surface area contributed by atoms with E-state index in [1.165, 1.54) is 0 Å². The summed E-state index contributed by atoms with van der Waals surface area (Å²) in [4.78, 5) is 2.01. The van der Waals surface area contributed by atoms with Crippen molar-refractivity contribution in [2.75, 3.05) is 17.7 Å². The number of nitrogens with two attached hydrogens (primary N) is 1. The second kappa shape index (κ2) is 4.80. The van der Waals surface area contributed by atoms with Gasteiger partial charge in [0.2, 0.25) is 0 Å². The molecule has 0 saturated heterocycles. The van der Waals surface area contributed by atoms with Crippen LogP contribution in [0, 0.1) is 11.3 Å². The summed E-state index contributed by atoms with van der Waals surface area (Å²) >= 11 is 0. The van der Waals surface area contributed by atoms with Crippen LogP contribution in [-0.4, -0.2) is 16.8 Å². The molecule has 18 heavy (non-hydrogen) atoms. The zero-order valence-electron chi connectivity index (χ0n) is 10.5. The monoisotopic (exact) mass is 241 g/mol. The van der Waals surface area contributed by atoms with E-state index in [9.17, 15) is 0 Å². The summed E-state index contributed by atoms with van der Waals surface area (Å²) in [7, 11) is 3.83. The number of aryl methyl sites for hydroxylation is 1. The van der Waals surface area contributed by atoms with Crippen LogP contribution in [0.1, 0.15) is 11.1 Å². The van der Waals surface area contributed by atoms with E-state index in [-0.39, 0.29) is 0 Å². The first-order chi connectivity index (χ1) is 8.60. The van der Waals surface area contributed by atoms with Gasteiger partial charge in [-0.1, -0.05) is 0 Å². The van der Waals surface area contributed by atoms with Crippen molar-refractivity contribution in [2.24, 2.45) is 7.05 Å². The molecule has 2 rings (SSSR count). The Bertz CT molecular complexity index is 594. The Kier molecular flexibility index (Phi) is 3.20. The molecular formula is C13H15N5. The van der Waals surface area contributed by atoms with E-state index in [0.29, 0.717) is 17.8 Å². The number of nitriles is 1. The van der Waals surface area contributed by atoms with Gasteiger partial charge in [-0.15, -0.1) is 0 Å². The molecule has 1 aromatic carbocycles. The lowest BCUT2D eigenvalue weighted by atomic mass is 10.1. The van der Waals surface area contributed by atoms with Gasteiger partial charge in [-0.25, -0.2) is 0 Å². The third-order valence-electron chi connectivity index (χ3n) is 2.73. The molecule has 2 aromatic rings. The molecule has 0 saturated carbocycles. The van der Waals surface area contributed by atoms with Gasteiger partial charge in [-0.3, -0.25) is 4.68 Å². The first-order valence-electron chi connectivity index (χ1n) is 5.58. The highest BCUT2D eigenvalue weighted by Crippen LogP contribution is 2.22. The smallest absolute Gasteiger partial charge is 0.101 e. The summed E-state index contributed by atoms with van der Waals surface area (Å²) in [5.74, 6) is 0. The highest BCUT2D eigenvalue weighted by Gasteiger charge is 2.09. The predicted octanol–water partition coefficient (Wildman–Crippen LogP) is 1.51. The number of aromatic nitrogens is 2. The molecule has 1 heterocycles. The third kappa shape index (κ3) is 2.43. The maximum absolute atomic E-state index is 9.11. The van der Waals surface area contributed by atoms with Gasteiger partial charge in [-0.2, -0.15) is 10.4 Å². The molecule has 1 aromatic heterocycles. The van der Waals surface area contributed by atoms with Crippen molar-refractivity contribution in [2.45, 2.75) is 6.54 Å². The molecule has 0 aliphatic heterocycles. The Balaban J connectivity index is 2.24. The fraction of sp³-hybridized carbons (Fsp3) is 0.231. The van der Waals surface area contributed by atoms with Crippen molar-refractivity contribution < 1.29 is 0 Å². The number of nitrogens with zero attached hydrogens (tertiary/aromatic N) is 4. The molecule has 92 valence electrons. The van der Waals surface area contributed by atoms with Gasteiger partial charge in [0, 0.05) is 38.1 Å². The van der Waals surface area contributed by atoms with E-state index in [4.69, 9.17) is 11.0 Å². The molecule has 0 atom stereocenters. The van der Waals surface area contributed by atoms with Crippen LogP contribution in [0.5, 0.6) is 0 Å². The molecule has 0 unspecified atom stereocenters. The predicted molar refractivity (Wildman–Crippen MR) is 70.9 cm³/mol. The minimum absolute atomic E-state index is 0.585. The largest absolute Gasteiger partial charge is 0.399 e. The molecule has 0 aliphatic rings. The molecule has 2 N–H and O–H groups in total. The number of anilines is 2. The van der Waals surface area contributed by atoms with Crippen LogP contribution in [0.4, 0.5) is 11.4 Å². The Morgan fingerprint density at radius 1 is 1.50 bits per heavy atom. The number of hydrogen-bond donors (Lipinski definition) is 1. The summed E-state index contributed by atoms with van der Waals surface area (Å²) in [5, 5.41) is 13.2. The van der Waals surface area contributed by atoms with Crippen LogP contribution in [0.3, 0.4) is 0 Å². The summed E-state index contributed by atoms with van der Waals surface area (Å²) in [5.41, 5.74) is 8.83. The van der Waals surface area contributed by atoms with Gasteiger partial charge in [0.05, 0.1) is 17.4 Å². The summed E-state index contributed by atoms with van der Waals surface area (Å²) < 4.78 is 1.76. The lowest BCUT2D eigenvalue weighted by Gasteiger charge is -2.19. The van der Waals surface area contributed by atoms with Crippen LogP contribution in [0.25, 0.3) is 0 Å². The van der Waals surface area contributed by atoms with Crippen molar-refractivity contribution >= 4 is 11.4 Å². The van der Waals surface area contributed by atoms with E-state index >= 15 is 0 Å². The molecule has 0 spiro atoms. The molecule has 5 heteroatoms. The van der Waals surface area contributed by atoms with Crippen molar-refractivity contribution in [1.29, 1.82) is 5.26 Å². The Hall–Kier alpha value is -2.48. The van der Waals surface area contributed by atoms with E-state index in [1.54, 1.807) is 16.8 Å². The first-order valence-corrected chi connectivity index (χ1v) is 5.58. The summed E-state index contributed by atoms with van der Waals surface area (Å²) in [6.45, 7) is 0.701. The lowest BCUT2D eigenvalue weighted by Crippen LogP contribution is -2.17. The number of benzene rings is 1. The van der Waals surface area contributed by atoms with Gasteiger partial charge in [0.1, 0.15) is 6.07 Å². The average Bonchev–Trinajstić information content (AvgIpc) is 2.74. The number of nitrogen functional groups attached to an aromatic ring is 1. The third-order valence-corrected chi connectivity index (χ3v) is 2.73. The molecular weight excluding hydrogens is 226 g/mol. The fourth-order valence-electron chi connectivity index (χ4n) is 1.89. The van der Waals surface area contributed by atoms with Crippen molar-refractivity contribution in [3.05, 3.63) is 41.7 Å². The normalized spacial score (nSPS) is 10.1. The molecule has 0 amide bonds. The highest BCUT2D eigenvalue weighted by atomic mass is 15.2. The molecule has 0 aliphatic carbocycles. The van der Waals surface area contributed by atoms with Crippen molar-refractivity contribution in [3.8, 4) is 6.07 Å². The Labute approximate surface area is 106 Å². The quantitative estimate of drug-likeness (QED) is 0.827. The van der Waals surface area contributed by atoms with E-state index < -0.39 is 0 Å². The standard InChI is InChI=1S/C13H15N5/c1-17(8-10-7-16-18(2)9-10)13-4-3-12(15)5-11(13)6-14/h3-5,7,9H,8,15H2,1-2H3. The maximum Gasteiger partial charge on any atom is 0.101 e. The zero-order valence-corrected chi connectivity index (χ0v) is 10.5. The van der Waals surface area contributed by atoms with Gasteiger partial charge >= 0.3 is 0 Å². The minimum Gasteiger partial charge on any atom is -0.399 e. The van der Waals surface area contributed by atoms with Crippen LogP contribution >= 0.6 is 0 Å². The van der Waals surface area contributed by atoms with Crippen LogP contribution in [-0.2, 0) is 13.6 Å². The van der Waals surface area contributed by atoms with Gasteiger partial charge in [-0.05, 0) is 18.2 Å². The molecule has 0 radical (unpaired) electrons. The fourth-order valence-corrected chi connectivity index (χ4v) is 1.89. The SMILES string of the molecule is CN(Cc1cnn(C)c1)c1ccc(N)cc1C#N. The highest BCUT2D eigenvalue weighted by molar-refractivity contribution is 5.64. The summed E-state index contributed by atoms with van der Waals surface area (Å²) in [6.07, 6.45) is 3.78. The molecule has 5 nitrogen and oxygen atoms in total. The first kappa shape index (κ1) is 12.0. The van der Waals surface area contributed by atoms with Crippen molar-refractivity contribution in [3.63, 3.8) is 0 Å². The summed E-state index contributed by atoms with van der Waals surface area (Å²) in [6, 6.07) is 7.52. The lowest BCUT2D eigenvalue weighted by molar-refractivity contribution is 0.766. The van der Waals surface area contributed by atoms with Gasteiger partial charge in [0.15, 0.2) is 0 Å². The van der Waals surface area contributed by atoms with E-state index in [1.807, 2.05) is 37.5 Å². The topological polar surface area (TPSA) is 70.9 Å². The van der Waals surface area contributed by atoms with Crippen LogP contribution in [0.15, 0.2) is 30.6 Å². The second-order valence-electron chi connectivity index (χ2n) is 4.27. The van der Waals surface area contributed by atoms with Crippen LogP contribution in [0.2, 0.25) is 0 Å². The Morgan fingerprint density at radius 2 is 2.28 bits per heavy atom. The average molecular weight is 241 g/mol. The number of hydrogen-bond acceptors (Lipinski definition) is 4. The van der Waals surface area contributed by atoms with Gasteiger partial charge in [0.25, 0.3) is 0 Å². The van der Waals surface area contributed by atoms with Gasteiger partial charge < -0.3 is 10.6 Å².